The van der Waals surface area contributed by atoms with Gasteiger partial charge in [-0.25, -0.2) is 8.42 Å². The molecule has 2 aromatic carbocycles. The summed E-state index contributed by atoms with van der Waals surface area (Å²) in [5, 5.41) is 0. The highest BCUT2D eigenvalue weighted by Gasteiger charge is 2.18. The van der Waals surface area contributed by atoms with Crippen LogP contribution in [0.3, 0.4) is 0 Å². The number of rotatable bonds is 3. The molecule has 0 fully saturated rings. The zero-order chi connectivity index (χ0) is 18.2. The molecule has 2 rings (SSSR count). The molecule has 0 bridgehead atoms. The SMILES string of the molecule is CC(C)(C)c1ccc(NS(=O)(=O)c2ccc(C(C)(C)C)cc2)cc1. The van der Waals surface area contributed by atoms with Crippen LogP contribution in [0.25, 0.3) is 0 Å². The van der Waals surface area contributed by atoms with E-state index in [0.29, 0.717) is 5.69 Å². The minimum absolute atomic E-state index is 0.00148. The van der Waals surface area contributed by atoms with Gasteiger partial charge in [-0.2, -0.15) is 0 Å². The van der Waals surface area contributed by atoms with Gasteiger partial charge in [-0.15, -0.1) is 0 Å². The maximum atomic E-state index is 12.5. The molecule has 0 aliphatic rings. The van der Waals surface area contributed by atoms with Crippen molar-refractivity contribution in [2.45, 2.75) is 57.3 Å². The normalized spacial score (nSPS) is 12.9. The van der Waals surface area contributed by atoms with Crippen LogP contribution in [0.5, 0.6) is 0 Å². The summed E-state index contributed by atoms with van der Waals surface area (Å²) in [5.41, 5.74) is 2.89. The molecule has 4 heteroatoms. The van der Waals surface area contributed by atoms with Crippen molar-refractivity contribution in [3.63, 3.8) is 0 Å². The number of hydrogen-bond acceptors (Lipinski definition) is 2. The fourth-order valence-corrected chi connectivity index (χ4v) is 3.45. The first-order valence-corrected chi connectivity index (χ1v) is 9.62. The number of hydrogen-bond donors (Lipinski definition) is 1. The van der Waals surface area contributed by atoms with E-state index in [4.69, 9.17) is 0 Å². The van der Waals surface area contributed by atoms with Crippen LogP contribution < -0.4 is 4.72 Å². The van der Waals surface area contributed by atoms with Crippen molar-refractivity contribution < 1.29 is 8.42 Å². The fraction of sp³-hybridized carbons (Fsp3) is 0.400. The lowest BCUT2D eigenvalue weighted by molar-refractivity contribution is 0.587. The largest absolute Gasteiger partial charge is 0.280 e. The molecule has 0 saturated carbocycles. The molecule has 130 valence electrons. The molecule has 0 aliphatic heterocycles. The maximum Gasteiger partial charge on any atom is 0.261 e. The van der Waals surface area contributed by atoms with Crippen LogP contribution in [0.2, 0.25) is 0 Å². The molecule has 0 aliphatic carbocycles. The van der Waals surface area contributed by atoms with Crippen LogP contribution in [0, 0.1) is 0 Å². The summed E-state index contributed by atoms with van der Waals surface area (Å²) in [6.45, 7) is 12.7. The molecule has 0 atom stereocenters. The van der Waals surface area contributed by atoms with Gasteiger partial charge < -0.3 is 0 Å². The molecule has 24 heavy (non-hydrogen) atoms. The van der Waals surface area contributed by atoms with E-state index in [1.807, 2.05) is 36.4 Å². The summed E-state index contributed by atoms with van der Waals surface area (Å²) in [4.78, 5) is 0.274. The van der Waals surface area contributed by atoms with Gasteiger partial charge in [0.2, 0.25) is 0 Å². The second-order valence-electron chi connectivity index (χ2n) is 8.21. The van der Waals surface area contributed by atoms with Crippen LogP contribution in [-0.2, 0) is 20.9 Å². The number of nitrogens with one attached hydrogen (secondary N) is 1. The first-order valence-electron chi connectivity index (χ1n) is 8.13. The Kier molecular flexibility index (Phi) is 4.82. The summed E-state index contributed by atoms with van der Waals surface area (Å²) >= 11 is 0. The Labute approximate surface area is 146 Å². The first-order chi connectivity index (χ1) is 10.9. The van der Waals surface area contributed by atoms with Crippen LogP contribution in [0.4, 0.5) is 5.69 Å². The summed E-state index contributed by atoms with van der Waals surface area (Å²) < 4.78 is 27.7. The van der Waals surface area contributed by atoms with Crippen LogP contribution >= 0.6 is 0 Å². The lowest BCUT2D eigenvalue weighted by atomic mass is 9.87. The van der Waals surface area contributed by atoms with Crippen molar-refractivity contribution in [3.8, 4) is 0 Å². The zero-order valence-electron chi connectivity index (χ0n) is 15.3. The van der Waals surface area contributed by atoms with E-state index < -0.39 is 10.0 Å². The summed E-state index contributed by atoms with van der Waals surface area (Å²) in [5.74, 6) is 0. The second-order valence-corrected chi connectivity index (χ2v) is 9.89. The quantitative estimate of drug-likeness (QED) is 0.843. The molecule has 0 aromatic heterocycles. The van der Waals surface area contributed by atoms with Gasteiger partial charge in [0.05, 0.1) is 4.90 Å². The molecule has 0 amide bonds. The van der Waals surface area contributed by atoms with E-state index in [1.54, 1.807) is 12.1 Å². The Hall–Kier alpha value is -1.81. The molecule has 0 spiro atoms. The van der Waals surface area contributed by atoms with Gasteiger partial charge in [0.1, 0.15) is 0 Å². The minimum Gasteiger partial charge on any atom is -0.280 e. The molecular weight excluding hydrogens is 318 g/mol. The van der Waals surface area contributed by atoms with Gasteiger partial charge in [0, 0.05) is 5.69 Å². The Balaban J connectivity index is 2.22. The molecule has 0 unspecified atom stereocenters. The number of benzene rings is 2. The molecule has 1 N–H and O–H groups in total. The van der Waals surface area contributed by atoms with E-state index in [9.17, 15) is 8.42 Å². The van der Waals surface area contributed by atoms with E-state index in [2.05, 4.69) is 46.3 Å². The number of anilines is 1. The topological polar surface area (TPSA) is 46.2 Å². The predicted molar refractivity (Wildman–Crippen MR) is 101 cm³/mol. The van der Waals surface area contributed by atoms with Crippen molar-refractivity contribution in [2.75, 3.05) is 4.72 Å². The Morgan fingerprint density at radius 3 is 1.42 bits per heavy atom. The number of sulfonamides is 1. The molecule has 0 saturated heterocycles. The molecule has 3 nitrogen and oxygen atoms in total. The van der Waals surface area contributed by atoms with Crippen molar-refractivity contribution in [1.29, 1.82) is 0 Å². The Morgan fingerprint density at radius 2 is 1.04 bits per heavy atom. The highest BCUT2D eigenvalue weighted by Crippen LogP contribution is 2.26. The average molecular weight is 346 g/mol. The second kappa shape index (κ2) is 6.25. The van der Waals surface area contributed by atoms with Crippen molar-refractivity contribution in [3.05, 3.63) is 59.7 Å². The lowest BCUT2D eigenvalue weighted by Gasteiger charge is -2.20. The molecule has 0 heterocycles. The van der Waals surface area contributed by atoms with Crippen LogP contribution in [-0.4, -0.2) is 8.42 Å². The van der Waals surface area contributed by atoms with Crippen LogP contribution in [0.1, 0.15) is 52.7 Å². The minimum atomic E-state index is -3.57. The van der Waals surface area contributed by atoms with Crippen molar-refractivity contribution >= 4 is 15.7 Å². The fourth-order valence-electron chi connectivity index (χ4n) is 2.39. The lowest BCUT2D eigenvalue weighted by Crippen LogP contribution is -2.15. The van der Waals surface area contributed by atoms with Gasteiger partial charge in [0.15, 0.2) is 0 Å². The first kappa shape index (κ1) is 18.5. The zero-order valence-corrected chi connectivity index (χ0v) is 16.2. The Morgan fingerprint density at radius 1 is 0.667 bits per heavy atom. The van der Waals surface area contributed by atoms with E-state index in [-0.39, 0.29) is 15.7 Å². The highest BCUT2D eigenvalue weighted by molar-refractivity contribution is 7.92. The third kappa shape index (κ3) is 4.38. The van der Waals surface area contributed by atoms with E-state index >= 15 is 0 Å². The summed E-state index contributed by atoms with van der Waals surface area (Å²) in [6, 6.07) is 14.6. The standard InChI is InChI=1S/C20H27NO2S/c1-19(2,3)15-7-11-17(12-8-15)21-24(22,23)18-13-9-16(10-14-18)20(4,5)6/h7-14,21H,1-6H3. The van der Waals surface area contributed by atoms with Crippen molar-refractivity contribution in [1.82, 2.24) is 0 Å². The monoisotopic (exact) mass is 345 g/mol. The summed E-state index contributed by atoms with van der Waals surface area (Å²) in [6.07, 6.45) is 0. The predicted octanol–water partition coefficient (Wildman–Crippen LogP) is 5.08. The Bertz CT molecular complexity index is 791. The van der Waals surface area contributed by atoms with Crippen LogP contribution in [0.15, 0.2) is 53.4 Å². The van der Waals surface area contributed by atoms with Crippen molar-refractivity contribution in [2.24, 2.45) is 0 Å². The van der Waals surface area contributed by atoms with Gasteiger partial charge in [-0.1, -0.05) is 65.8 Å². The average Bonchev–Trinajstić information content (AvgIpc) is 2.46. The molecular formula is C20H27NO2S. The van der Waals surface area contributed by atoms with E-state index in [1.165, 1.54) is 5.56 Å². The van der Waals surface area contributed by atoms with Gasteiger partial charge in [-0.3, -0.25) is 4.72 Å². The van der Waals surface area contributed by atoms with Gasteiger partial charge in [-0.05, 0) is 46.2 Å². The molecule has 0 radical (unpaired) electrons. The summed E-state index contributed by atoms with van der Waals surface area (Å²) in [7, 11) is -3.57. The third-order valence-corrected chi connectivity index (χ3v) is 5.43. The van der Waals surface area contributed by atoms with Gasteiger partial charge >= 0.3 is 0 Å². The maximum absolute atomic E-state index is 12.5. The molecule has 2 aromatic rings. The van der Waals surface area contributed by atoms with Gasteiger partial charge in [0.25, 0.3) is 10.0 Å². The highest BCUT2D eigenvalue weighted by atomic mass is 32.2. The smallest absolute Gasteiger partial charge is 0.261 e. The third-order valence-electron chi connectivity index (χ3n) is 4.03. The van der Waals surface area contributed by atoms with E-state index in [0.717, 1.165) is 5.56 Å².